The van der Waals surface area contributed by atoms with E-state index in [2.05, 4.69) is 5.32 Å². The smallest absolute Gasteiger partial charge is 0.333 e. The highest BCUT2D eigenvalue weighted by Gasteiger charge is 2.21. The second kappa shape index (κ2) is 8.37. The third-order valence-corrected chi connectivity index (χ3v) is 2.67. The number of ether oxygens (including phenoxy) is 2. The number of anilines is 1. The van der Waals surface area contributed by atoms with Crippen molar-refractivity contribution in [2.75, 3.05) is 25.1 Å². The first-order valence-corrected chi connectivity index (χ1v) is 6.85. The van der Waals surface area contributed by atoms with Gasteiger partial charge in [-0.3, -0.25) is 10.1 Å². The maximum absolute atomic E-state index is 11.2. The van der Waals surface area contributed by atoms with Crippen LogP contribution in [0.5, 0.6) is 5.75 Å². The Morgan fingerprint density at radius 2 is 2.15 bits per heavy atom. The molecule has 20 heavy (non-hydrogen) atoms. The summed E-state index contributed by atoms with van der Waals surface area (Å²) >= 11 is 0. The van der Waals surface area contributed by atoms with Crippen molar-refractivity contribution in [3.63, 3.8) is 0 Å². The Balaban J connectivity index is 2.86. The van der Waals surface area contributed by atoms with E-state index >= 15 is 0 Å². The molecule has 0 heterocycles. The molecule has 1 N–H and O–H groups in total. The molecule has 1 aromatic rings. The molecule has 1 aromatic carbocycles. The quantitative estimate of drug-likeness (QED) is 0.556. The van der Waals surface area contributed by atoms with Gasteiger partial charge in [0.1, 0.15) is 5.69 Å². The van der Waals surface area contributed by atoms with Crippen LogP contribution in [0, 0.1) is 10.1 Å². The van der Waals surface area contributed by atoms with Crippen LogP contribution in [0.4, 0.5) is 11.4 Å². The number of nitrogens with one attached hydrogen (secondary N) is 1. The summed E-state index contributed by atoms with van der Waals surface area (Å²) in [4.78, 5) is 10.8. The second-order valence-electron chi connectivity index (χ2n) is 4.40. The first kappa shape index (κ1) is 16.2. The molecule has 0 saturated heterocycles. The lowest BCUT2D eigenvalue weighted by atomic mass is 10.2. The fourth-order valence-corrected chi connectivity index (χ4v) is 1.78. The van der Waals surface area contributed by atoms with Gasteiger partial charge in [-0.1, -0.05) is 13.0 Å². The molecule has 0 saturated carbocycles. The largest absolute Gasteiger partial charge is 0.487 e. The van der Waals surface area contributed by atoms with Crippen LogP contribution in [0.15, 0.2) is 18.2 Å². The van der Waals surface area contributed by atoms with Gasteiger partial charge in [-0.2, -0.15) is 0 Å². The summed E-state index contributed by atoms with van der Waals surface area (Å²) < 4.78 is 10.8. The number of benzene rings is 1. The van der Waals surface area contributed by atoms with Gasteiger partial charge in [-0.15, -0.1) is 0 Å². The molecule has 1 rings (SSSR count). The molecule has 0 radical (unpaired) electrons. The van der Waals surface area contributed by atoms with Crippen molar-refractivity contribution in [2.24, 2.45) is 0 Å². The van der Waals surface area contributed by atoms with Gasteiger partial charge in [0, 0.05) is 13.2 Å². The standard InChI is InChI=1S/C14H22N2O4/c1-4-9-20-13-8-6-7-12(14(13)16(17)18)15-10-11(3)19-5-2/h6-8,11,15H,4-5,9-10H2,1-3H3. The molecule has 0 aliphatic heterocycles. The number of hydrogen-bond donors (Lipinski definition) is 1. The van der Waals surface area contributed by atoms with Crippen LogP contribution in [-0.4, -0.2) is 30.8 Å². The SMILES string of the molecule is CCCOc1cccc(NCC(C)OCC)c1[N+](=O)[O-]. The Morgan fingerprint density at radius 1 is 1.40 bits per heavy atom. The van der Waals surface area contributed by atoms with Crippen molar-refractivity contribution < 1.29 is 14.4 Å². The van der Waals surface area contributed by atoms with E-state index < -0.39 is 4.92 Å². The first-order valence-electron chi connectivity index (χ1n) is 6.85. The van der Waals surface area contributed by atoms with Gasteiger partial charge in [0.2, 0.25) is 0 Å². The Kier molecular flexibility index (Phi) is 6.79. The van der Waals surface area contributed by atoms with Crippen LogP contribution >= 0.6 is 0 Å². The van der Waals surface area contributed by atoms with E-state index in [-0.39, 0.29) is 11.8 Å². The third-order valence-electron chi connectivity index (χ3n) is 2.67. The zero-order chi connectivity index (χ0) is 15.0. The fourth-order valence-electron chi connectivity index (χ4n) is 1.78. The van der Waals surface area contributed by atoms with Crippen molar-refractivity contribution in [3.8, 4) is 5.75 Å². The highest BCUT2D eigenvalue weighted by Crippen LogP contribution is 2.34. The molecule has 0 aliphatic rings. The minimum atomic E-state index is -0.418. The first-order chi connectivity index (χ1) is 9.60. The normalized spacial score (nSPS) is 11.9. The number of para-hydroxylation sites is 1. The van der Waals surface area contributed by atoms with Crippen molar-refractivity contribution in [2.45, 2.75) is 33.3 Å². The fraction of sp³-hybridized carbons (Fsp3) is 0.571. The van der Waals surface area contributed by atoms with Crippen LogP contribution in [0.25, 0.3) is 0 Å². The predicted octanol–water partition coefficient (Wildman–Crippen LogP) is 3.22. The second-order valence-corrected chi connectivity index (χ2v) is 4.40. The summed E-state index contributed by atoms with van der Waals surface area (Å²) in [6.07, 6.45) is 0.788. The van der Waals surface area contributed by atoms with E-state index in [1.54, 1.807) is 18.2 Å². The summed E-state index contributed by atoms with van der Waals surface area (Å²) in [7, 11) is 0. The number of nitro groups is 1. The molecule has 112 valence electrons. The van der Waals surface area contributed by atoms with E-state index in [0.29, 0.717) is 31.2 Å². The maximum atomic E-state index is 11.2. The topological polar surface area (TPSA) is 73.6 Å². The lowest BCUT2D eigenvalue weighted by molar-refractivity contribution is -0.385. The van der Waals surface area contributed by atoms with Crippen LogP contribution in [0.1, 0.15) is 27.2 Å². The molecule has 1 unspecified atom stereocenters. The molecule has 0 amide bonds. The highest BCUT2D eigenvalue weighted by molar-refractivity contribution is 5.68. The number of rotatable bonds is 9. The van der Waals surface area contributed by atoms with Crippen LogP contribution in [0.3, 0.4) is 0 Å². The van der Waals surface area contributed by atoms with Gasteiger partial charge in [-0.25, -0.2) is 0 Å². The van der Waals surface area contributed by atoms with Crippen LogP contribution < -0.4 is 10.1 Å². The average Bonchev–Trinajstić information content (AvgIpc) is 2.42. The summed E-state index contributed by atoms with van der Waals surface area (Å²) in [5, 5.41) is 14.3. The van der Waals surface area contributed by atoms with Gasteiger partial charge in [0.25, 0.3) is 0 Å². The zero-order valence-electron chi connectivity index (χ0n) is 12.2. The average molecular weight is 282 g/mol. The van der Waals surface area contributed by atoms with Crippen molar-refractivity contribution >= 4 is 11.4 Å². The van der Waals surface area contributed by atoms with Crippen LogP contribution in [0.2, 0.25) is 0 Å². The Bertz CT molecular complexity index is 437. The van der Waals surface area contributed by atoms with E-state index in [9.17, 15) is 10.1 Å². The molecule has 1 atom stereocenters. The van der Waals surface area contributed by atoms with E-state index in [1.165, 1.54) is 0 Å². The molecule has 0 aliphatic carbocycles. The predicted molar refractivity (Wildman–Crippen MR) is 78.5 cm³/mol. The molecule has 0 bridgehead atoms. The molecular weight excluding hydrogens is 260 g/mol. The van der Waals surface area contributed by atoms with Gasteiger partial charge < -0.3 is 14.8 Å². The molecule has 0 aromatic heterocycles. The molecular formula is C14H22N2O4. The summed E-state index contributed by atoms with van der Waals surface area (Å²) in [5.74, 6) is 0.297. The van der Waals surface area contributed by atoms with Gasteiger partial charge in [0.15, 0.2) is 5.75 Å². The van der Waals surface area contributed by atoms with E-state index in [0.717, 1.165) is 6.42 Å². The van der Waals surface area contributed by atoms with Gasteiger partial charge in [0.05, 0.1) is 17.6 Å². The van der Waals surface area contributed by atoms with Gasteiger partial charge in [-0.05, 0) is 32.4 Å². The van der Waals surface area contributed by atoms with E-state index in [4.69, 9.17) is 9.47 Å². The Hall–Kier alpha value is -1.82. The molecule has 6 heteroatoms. The third kappa shape index (κ3) is 4.70. The highest BCUT2D eigenvalue weighted by atomic mass is 16.6. The van der Waals surface area contributed by atoms with Crippen molar-refractivity contribution in [1.29, 1.82) is 0 Å². The lowest BCUT2D eigenvalue weighted by Gasteiger charge is -2.14. The Morgan fingerprint density at radius 3 is 2.75 bits per heavy atom. The monoisotopic (exact) mass is 282 g/mol. The molecule has 0 spiro atoms. The zero-order valence-corrected chi connectivity index (χ0v) is 12.2. The van der Waals surface area contributed by atoms with Crippen molar-refractivity contribution in [3.05, 3.63) is 28.3 Å². The summed E-state index contributed by atoms with van der Waals surface area (Å²) in [5.41, 5.74) is 0.430. The van der Waals surface area contributed by atoms with Gasteiger partial charge >= 0.3 is 5.69 Å². The molecule has 6 nitrogen and oxygen atoms in total. The number of nitro benzene ring substituents is 1. The van der Waals surface area contributed by atoms with Crippen molar-refractivity contribution in [1.82, 2.24) is 0 Å². The number of hydrogen-bond acceptors (Lipinski definition) is 5. The summed E-state index contributed by atoms with van der Waals surface area (Å²) in [6.45, 7) is 7.37. The minimum absolute atomic E-state index is 0.0141. The minimum Gasteiger partial charge on any atom is -0.487 e. The maximum Gasteiger partial charge on any atom is 0.333 e. The Labute approximate surface area is 119 Å². The molecule has 0 fully saturated rings. The number of nitrogens with zero attached hydrogens (tertiary/aromatic N) is 1. The summed E-state index contributed by atoms with van der Waals surface area (Å²) in [6, 6.07) is 5.03. The lowest BCUT2D eigenvalue weighted by Crippen LogP contribution is -2.20. The van der Waals surface area contributed by atoms with E-state index in [1.807, 2.05) is 20.8 Å². The van der Waals surface area contributed by atoms with Crippen LogP contribution in [-0.2, 0) is 4.74 Å².